The summed E-state index contributed by atoms with van der Waals surface area (Å²) in [6.07, 6.45) is 2.46. The molecule has 0 aliphatic carbocycles. The summed E-state index contributed by atoms with van der Waals surface area (Å²) in [6, 6.07) is 10.5. The summed E-state index contributed by atoms with van der Waals surface area (Å²) in [6.45, 7) is 11.1. The lowest BCUT2D eigenvalue weighted by molar-refractivity contribution is 0.102. The largest absolute Gasteiger partial charge is 0.496 e. The molecule has 0 radical (unpaired) electrons. The van der Waals surface area contributed by atoms with Crippen LogP contribution in [0, 0.1) is 19.8 Å². The molecule has 0 N–H and O–H groups in total. The smallest absolute Gasteiger partial charge is 0.123 e. The lowest BCUT2D eigenvalue weighted by atomic mass is 9.95. The molecule has 5 nitrogen and oxygen atoms in total. The van der Waals surface area contributed by atoms with Crippen LogP contribution in [0.2, 0.25) is 0 Å². The van der Waals surface area contributed by atoms with Crippen molar-refractivity contribution in [1.82, 2.24) is 9.80 Å². The average Bonchev–Trinajstić information content (AvgIpc) is 3.05. The summed E-state index contributed by atoms with van der Waals surface area (Å²) in [4.78, 5) is 5.04. The van der Waals surface area contributed by atoms with Crippen molar-refractivity contribution in [2.24, 2.45) is 5.92 Å². The van der Waals surface area contributed by atoms with Crippen molar-refractivity contribution in [3.05, 3.63) is 53.0 Å². The van der Waals surface area contributed by atoms with E-state index in [1.807, 2.05) is 19.1 Å². The summed E-state index contributed by atoms with van der Waals surface area (Å²) in [5.74, 6) is 3.79. The van der Waals surface area contributed by atoms with E-state index in [0.717, 1.165) is 69.1 Å². The van der Waals surface area contributed by atoms with Crippen molar-refractivity contribution >= 4 is 0 Å². The van der Waals surface area contributed by atoms with E-state index < -0.39 is 0 Å². The molecule has 0 amide bonds. The highest BCUT2D eigenvalue weighted by Gasteiger charge is 2.23. The fourth-order valence-electron chi connectivity index (χ4n) is 4.17. The first-order valence-electron chi connectivity index (χ1n) is 10.7. The minimum Gasteiger partial charge on any atom is -0.496 e. The van der Waals surface area contributed by atoms with Crippen LogP contribution >= 0.6 is 0 Å². The van der Waals surface area contributed by atoms with Gasteiger partial charge in [-0.25, -0.2) is 0 Å². The van der Waals surface area contributed by atoms with Crippen LogP contribution in [-0.4, -0.2) is 56.8 Å². The molecule has 1 aliphatic heterocycles. The van der Waals surface area contributed by atoms with E-state index in [-0.39, 0.29) is 0 Å². The van der Waals surface area contributed by atoms with Crippen LogP contribution in [-0.2, 0) is 17.8 Å². The van der Waals surface area contributed by atoms with Gasteiger partial charge in [0.2, 0.25) is 0 Å². The predicted molar refractivity (Wildman–Crippen MR) is 116 cm³/mol. The summed E-state index contributed by atoms with van der Waals surface area (Å²) >= 11 is 0. The Labute approximate surface area is 175 Å². The average molecular weight is 401 g/mol. The van der Waals surface area contributed by atoms with Gasteiger partial charge in [0.15, 0.2) is 0 Å². The van der Waals surface area contributed by atoms with Gasteiger partial charge in [-0.15, -0.1) is 0 Å². The first-order valence-corrected chi connectivity index (χ1v) is 10.7. The van der Waals surface area contributed by atoms with Crippen LogP contribution in [0.3, 0.4) is 0 Å². The zero-order chi connectivity index (χ0) is 20.6. The van der Waals surface area contributed by atoms with Gasteiger partial charge in [-0.3, -0.25) is 9.80 Å². The van der Waals surface area contributed by atoms with Crippen LogP contribution < -0.4 is 4.74 Å². The summed E-state index contributed by atoms with van der Waals surface area (Å²) in [5.41, 5.74) is 2.51. The predicted octanol–water partition coefficient (Wildman–Crippen LogP) is 4.27. The third-order valence-corrected chi connectivity index (χ3v) is 6.02. The van der Waals surface area contributed by atoms with Crippen molar-refractivity contribution in [3.63, 3.8) is 0 Å². The number of furan rings is 1. The number of methoxy groups -OCH3 is 2. The molecule has 5 heteroatoms. The van der Waals surface area contributed by atoms with Crippen molar-refractivity contribution < 1.29 is 13.9 Å². The standard InChI is InChI=1S/C24H36N2O3/c1-19-15-23(29-20(19)2)18-26(13-14-27-3)16-21-9-11-25(12-10-21)17-22-7-5-6-8-24(22)28-4/h5-8,15,21H,9-14,16-18H2,1-4H3. The SMILES string of the molecule is COCCN(Cc1cc(C)c(C)o1)CC1CCN(Cc2ccccc2OC)CC1. The van der Waals surface area contributed by atoms with Crippen molar-refractivity contribution in [2.75, 3.05) is 47.0 Å². The molecule has 1 fully saturated rings. The monoisotopic (exact) mass is 400 g/mol. The molecule has 1 aliphatic rings. The molecule has 1 aromatic carbocycles. The van der Waals surface area contributed by atoms with E-state index >= 15 is 0 Å². The second kappa shape index (κ2) is 10.8. The first kappa shape index (κ1) is 21.9. The topological polar surface area (TPSA) is 38.1 Å². The fraction of sp³-hybridized carbons (Fsp3) is 0.583. The van der Waals surface area contributed by atoms with Gasteiger partial charge in [0.25, 0.3) is 0 Å². The number of hydrogen-bond acceptors (Lipinski definition) is 5. The van der Waals surface area contributed by atoms with Crippen LogP contribution in [0.15, 0.2) is 34.7 Å². The molecule has 0 atom stereocenters. The maximum absolute atomic E-state index is 5.92. The molecule has 160 valence electrons. The molecule has 1 aromatic heterocycles. The van der Waals surface area contributed by atoms with Crippen molar-refractivity contribution in [1.29, 1.82) is 0 Å². The van der Waals surface area contributed by atoms with Gasteiger partial charge >= 0.3 is 0 Å². The maximum atomic E-state index is 5.92. The molecule has 29 heavy (non-hydrogen) atoms. The Morgan fingerprint density at radius 1 is 1.14 bits per heavy atom. The van der Waals surface area contributed by atoms with Crippen LogP contribution in [0.25, 0.3) is 0 Å². The van der Waals surface area contributed by atoms with E-state index in [1.54, 1.807) is 14.2 Å². The van der Waals surface area contributed by atoms with E-state index in [0.29, 0.717) is 0 Å². The molecular weight excluding hydrogens is 364 g/mol. The van der Waals surface area contributed by atoms with Gasteiger partial charge in [0.05, 0.1) is 20.3 Å². The number of para-hydroxylation sites is 1. The number of rotatable bonds is 10. The molecular formula is C24H36N2O3. The number of benzene rings is 1. The van der Waals surface area contributed by atoms with Crippen LogP contribution in [0.1, 0.15) is 35.5 Å². The zero-order valence-electron chi connectivity index (χ0n) is 18.4. The van der Waals surface area contributed by atoms with Crippen LogP contribution in [0.5, 0.6) is 5.75 Å². The van der Waals surface area contributed by atoms with E-state index in [1.165, 1.54) is 24.0 Å². The number of piperidine rings is 1. The summed E-state index contributed by atoms with van der Waals surface area (Å²) in [7, 11) is 3.53. The minimum atomic E-state index is 0.720. The zero-order valence-corrected chi connectivity index (χ0v) is 18.4. The molecule has 0 unspecified atom stereocenters. The van der Waals surface area contributed by atoms with E-state index in [4.69, 9.17) is 13.9 Å². The van der Waals surface area contributed by atoms with Gasteiger partial charge in [0, 0.05) is 32.3 Å². The summed E-state index contributed by atoms with van der Waals surface area (Å²) < 4.78 is 16.8. The van der Waals surface area contributed by atoms with Gasteiger partial charge in [0.1, 0.15) is 17.3 Å². The Balaban J connectivity index is 1.51. The molecule has 2 aromatic rings. The van der Waals surface area contributed by atoms with E-state index in [2.05, 4.69) is 34.9 Å². The molecule has 0 saturated carbocycles. The molecule has 2 heterocycles. The lowest BCUT2D eigenvalue weighted by Crippen LogP contribution is -2.39. The normalized spacial score (nSPS) is 15.9. The van der Waals surface area contributed by atoms with Gasteiger partial charge in [-0.05, 0) is 63.4 Å². The number of ether oxygens (including phenoxy) is 2. The molecule has 0 bridgehead atoms. The van der Waals surface area contributed by atoms with E-state index in [9.17, 15) is 0 Å². The first-order chi connectivity index (χ1) is 14.1. The highest BCUT2D eigenvalue weighted by Crippen LogP contribution is 2.24. The number of aryl methyl sites for hydroxylation is 2. The number of hydrogen-bond donors (Lipinski definition) is 0. The minimum absolute atomic E-state index is 0.720. The summed E-state index contributed by atoms with van der Waals surface area (Å²) in [5, 5.41) is 0. The van der Waals surface area contributed by atoms with Crippen LogP contribution in [0.4, 0.5) is 0 Å². The molecule has 1 saturated heterocycles. The highest BCUT2D eigenvalue weighted by atomic mass is 16.5. The third kappa shape index (κ3) is 6.33. The highest BCUT2D eigenvalue weighted by molar-refractivity contribution is 5.33. The van der Waals surface area contributed by atoms with Crippen molar-refractivity contribution in [2.45, 2.75) is 39.8 Å². The number of nitrogens with zero attached hydrogens (tertiary/aromatic N) is 2. The van der Waals surface area contributed by atoms with Gasteiger partial charge < -0.3 is 13.9 Å². The Morgan fingerprint density at radius 2 is 1.90 bits per heavy atom. The van der Waals surface area contributed by atoms with Gasteiger partial charge in [-0.1, -0.05) is 18.2 Å². The Morgan fingerprint density at radius 3 is 2.55 bits per heavy atom. The second-order valence-corrected chi connectivity index (χ2v) is 8.21. The second-order valence-electron chi connectivity index (χ2n) is 8.21. The Bertz CT molecular complexity index is 731. The molecule has 0 spiro atoms. The van der Waals surface area contributed by atoms with Gasteiger partial charge in [-0.2, -0.15) is 0 Å². The Kier molecular flexibility index (Phi) is 8.16. The third-order valence-electron chi connectivity index (χ3n) is 6.02. The maximum Gasteiger partial charge on any atom is 0.123 e. The fourth-order valence-corrected chi connectivity index (χ4v) is 4.17. The van der Waals surface area contributed by atoms with Crippen molar-refractivity contribution in [3.8, 4) is 5.75 Å². The quantitative estimate of drug-likeness (QED) is 0.596. The number of likely N-dealkylation sites (tertiary alicyclic amines) is 1. The molecule has 3 rings (SSSR count). The lowest BCUT2D eigenvalue weighted by Gasteiger charge is -2.35. The Hall–Kier alpha value is -1.82.